The molecule has 0 atom stereocenters. The molecule has 0 saturated carbocycles. The van der Waals surface area contributed by atoms with Gasteiger partial charge in [0.25, 0.3) is 5.91 Å². The lowest BCUT2D eigenvalue weighted by atomic mass is 10.2. The van der Waals surface area contributed by atoms with Crippen LogP contribution in [0.2, 0.25) is 0 Å². The number of benzene rings is 1. The first-order valence-electron chi connectivity index (χ1n) is 7.62. The van der Waals surface area contributed by atoms with Crippen LogP contribution in [0.25, 0.3) is 0 Å². The molecule has 0 radical (unpaired) electrons. The molecule has 0 spiro atoms. The maximum Gasteiger partial charge on any atom is 0.259 e. The zero-order valence-electron chi connectivity index (χ0n) is 13.5. The number of pyridine rings is 1. The summed E-state index contributed by atoms with van der Waals surface area (Å²) in [5, 5.41) is 3.30. The van der Waals surface area contributed by atoms with Crippen molar-refractivity contribution in [2.24, 2.45) is 0 Å². The Morgan fingerprint density at radius 1 is 1.12 bits per heavy atom. The molecule has 1 N–H and O–H groups in total. The predicted octanol–water partition coefficient (Wildman–Crippen LogP) is 3.92. The van der Waals surface area contributed by atoms with Crippen LogP contribution in [0.15, 0.2) is 47.1 Å². The normalized spacial score (nSPS) is 13.9. The van der Waals surface area contributed by atoms with Crippen molar-refractivity contribution in [1.29, 1.82) is 0 Å². The molecule has 2 heterocycles. The molecule has 1 aliphatic heterocycles. The van der Waals surface area contributed by atoms with Gasteiger partial charge in [0.15, 0.2) is 0 Å². The number of hydrogen-bond acceptors (Lipinski definition) is 4. The molecule has 2 aromatic rings. The summed E-state index contributed by atoms with van der Waals surface area (Å²) < 4.78 is 6.78. The minimum absolute atomic E-state index is 0. The highest BCUT2D eigenvalue weighted by Gasteiger charge is 2.21. The number of nitrogens with zero attached hydrogens (tertiary/aromatic N) is 2. The number of carbonyl (C=O) groups is 1. The van der Waals surface area contributed by atoms with Crippen LogP contribution in [-0.4, -0.2) is 42.0 Å². The van der Waals surface area contributed by atoms with Gasteiger partial charge in [-0.15, -0.1) is 24.8 Å². The Morgan fingerprint density at radius 2 is 1.88 bits per heavy atom. The van der Waals surface area contributed by atoms with Crippen LogP contribution in [0.4, 0.5) is 0 Å². The third-order valence-electron chi connectivity index (χ3n) is 3.66. The lowest BCUT2D eigenvalue weighted by molar-refractivity contribution is 0.0763. The maximum absolute atomic E-state index is 12.8. The van der Waals surface area contributed by atoms with Gasteiger partial charge in [-0.05, 0) is 49.4 Å². The average Bonchev–Trinajstić information content (AvgIpc) is 2.86. The summed E-state index contributed by atoms with van der Waals surface area (Å²) in [5.41, 5.74) is 0.498. The fourth-order valence-electron chi connectivity index (χ4n) is 2.47. The van der Waals surface area contributed by atoms with Crippen LogP contribution in [0.3, 0.4) is 0 Å². The Hall–Kier alpha value is -1.34. The van der Waals surface area contributed by atoms with Crippen LogP contribution in [-0.2, 0) is 0 Å². The van der Waals surface area contributed by atoms with Gasteiger partial charge in [0.2, 0.25) is 5.88 Å². The van der Waals surface area contributed by atoms with E-state index in [1.165, 1.54) is 0 Å². The summed E-state index contributed by atoms with van der Waals surface area (Å²) >= 11 is 3.39. The van der Waals surface area contributed by atoms with E-state index in [0.717, 1.165) is 30.5 Å². The topological polar surface area (TPSA) is 54.5 Å². The van der Waals surface area contributed by atoms with Crippen LogP contribution in [0.1, 0.15) is 16.8 Å². The van der Waals surface area contributed by atoms with Crippen molar-refractivity contribution < 1.29 is 9.53 Å². The van der Waals surface area contributed by atoms with E-state index in [1.54, 1.807) is 18.3 Å². The first-order valence-corrected chi connectivity index (χ1v) is 8.42. The maximum atomic E-state index is 12.8. The lowest BCUT2D eigenvalue weighted by Crippen LogP contribution is -2.34. The lowest BCUT2D eigenvalue weighted by Gasteiger charge is -2.21. The molecule has 136 valence electrons. The number of carbonyl (C=O) groups excluding carboxylic acids is 1. The summed E-state index contributed by atoms with van der Waals surface area (Å²) in [6.07, 6.45) is 2.59. The minimum Gasteiger partial charge on any atom is -0.438 e. The summed E-state index contributed by atoms with van der Waals surface area (Å²) in [6, 6.07) is 11.0. The average molecular weight is 449 g/mol. The van der Waals surface area contributed by atoms with Crippen molar-refractivity contribution in [2.75, 3.05) is 26.2 Å². The molecular weight excluding hydrogens is 429 g/mol. The number of rotatable bonds is 3. The molecule has 0 unspecified atom stereocenters. The molecule has 1 aromatic carbocycles. The quantitative estimate of drug-likeness (QED) is 0.773. The standard InChI is InChI=1S/C17H18BrN3O2.2ClH/c18-13-4-6-14(7-5-13)23-16-15(3-1-9-20-16)17(22)21-11-2-8-19-10-12-21;;/h1,3-7,9,19H,2,8,10-12H2;2*1H. The van der Waals surface area contributed by atoms with Gasteiger partial charge in [-0.1, -0.05) is 15.9 Å². The molecule has 1 fully saturated rings. The van der Waals surface area contributed by atoms with Gasteiger partial charge in [0, 0.05) is 30.3 Å². The Balaban J connectivity index is 0.00000156. The smallest absolute Gasteiger partial charge is 0.259 e. The van der Waals surface area contributed by atoms with Gasteiger partial charge >= 0.3 is 0 Å². The Kier molecular flexibility index (Phi) is 9.21. The van der Waals surface area contributed by atoms with Crippen LogP contribution >= 0.6 is 40.7 Å². The van der Waals surface area contributed by atoms with Gasteiger partial charge in [0.1, 0.15) is 11.3 Å². The van der Waals surface area contributed by atoms with E-state index in [2.05, 4.69) is 26.2 Å². The zero-order chi connectivity index (χ0) is 16.1. The molecule has 8 heteroatoms. The number of aromatic nitrogens is 1. The van der Waals surface area contributed by atoms with E-state index < -0.39 is 0 Å². The molecule has 5 nitrogen and oxygen atoms in total. The second-order valence-electron chi connectivity index (χ2n) is 5.31. The summed E-state index contributed by atoms with van der Waals surface area (Å²) in [6.45, 7) is 3.21. The van der Waals surface area contributed by atoms with E-state index in [9.17, 15) is 4.79 Å². The Labute approximate surface area is 168 Å². The van der Waals surface area contributed by atoms with Gasteiger partial charge in [-0.3, -0.25) is 4.79 Å². The number of halogens is 3. The Bertz CT molecular complexity index is 678. The van der Waals surface area contributed by atoms with Crippen LogP contribution in [0.5, 0.6) is 11.6 Å². The van der Waals surface area contributed by atoms with E-state index in [4.69, 9.17) is 4.74 Å². The zero-order valence-corrected chi connectivity index (χ0v) is 16.7. The van der Waals surface area contributed by atoms with Crippen LogP contribution < -0.4 is 10.1 Å². The summed E-state index contributed by atoms with van der Waals surface area (Å²) in [7, 11) is 0. The van der Waals surface area contributed by atoms with E-state index in [-0.39, 0.29) is 30.7 Å². The van der Waals surface area contributed by atoms with Crippen molar-refractivity contribution >= 4 is 46.7 Å². The van der Waals surface area contributed by atoms with E-state index >= 15 is 0 Å². The molecule has 1 aromatic heterocycles. The second kappa shape index (κ2) is 10.6. The molecule has 1 amide bonds. The van der Waals surface area contributed by atoms with Crippen molar-refractivity contribution in [2.45, 2.75) is 6.42 Å². The largest absolute Gasteiger partial charge is 0.438 e. The van der Waals surface area contributed by atoms with Gasteiger partial charge in [-0.25, -0.2) is 4.98 Å². The fourth-order valence-corrected chi connectivity index (χ4v) is 2.73. The Morgan fingerprint density at radius 3 is 2.64 bits per heavy atom. The highest BCUT2D eigenvalue weighted by atomic mass is 79.9. The molecule has 0 aliphatic carbocycles. The molecule has 3 rings (SSSR count). The number of nitrogens with one attached hydrogen (secondary N) is 1. The van der Waals surface area contributed by atoms with Crippen molar-refractivity contribution in [3.05, 3.63) is 52.6 Å². The number of amides is 1. The number of hydrogen-bond donors (Lipinski definition) is 1. The second-order valence-corrected chi connectivity index (χ2v) is 6.22. The third kappa shape index (κ3) is 5.85. The molecule has 25 heavy (non-hydrogen) atoms. The SMILES string of the molecule is Cl.Cl.O=C(c1cccnc1Oc1ccc(Br)cc1)N1CCCNCC1. The van der Waals surface area contributed by atoms with Gasteiger partial charge in [0.05, 0.1) is 0 Å². The van der Waals surface area contributed by atoms with Crippen molar-refractivity contribution in [3.63, 3.8) is 0 Å². The third-order valence-corrected chi connectivity index (χ3v) is 4.19. The van der Waals surface area contributed by atoms with Crippen LogP contribution in [0, 0.1) is 0 Å². The number of ether oxygens (including phenoxy) is 1. The van der Waals surface area contributed by atoms with E-state index in [1.807, 2.05) is 29.2 Å². The molecule has 1 aliphatic rings. The van der Waals surface area contributed by atoms with Gasteiger partial charge in [-0.2, -0.15) is 0 Å². The summed E-state index contributed by atoms with van der Waals surface area (Å²) in [4.78, 5) is 18.9. The molecule has 1 saturated heterocycles. The molecule has 0 bridgehead atoms. The first kappa shape index (κ1) is 21.7. The van der Waals surface area contributed by atoms with Gasteiger partial charge < -0.3 is 15.0 Å². The highest BCUT2D eigenvalue weighted by Crippen LogP contribution is 2.25. The first-order chi connectivity index (χ1) is 11.2. The fraction of sp³-hybridized carbons (Fsp3) is 0.294. The summed E-state index contributed by atoms with van der Waals surface area (Å²) in [5.74, 6) is 0.962. The van der Waals surface area contributed by atoms with Crippen molar-refractivity contribution in [1.82, 2.24) is 15.2 Å². The van der Waals surface area contributed by atoms with E-state index in [0.29, 0.717) is 23.7 Å². The predicted molar refractivity (Wildman–Crippen MR) is 106 cm³/mol. The van der Waals surface area contributed by atoms with Crippen molar-refractivity contribution in [3.8, 4) is 11.6 Å². The highest BCUT2D eigenvalue weighted by molar-refractivity contribution is 9.10. The monoisotopic (exact) mass is 447 g/mol. The molecular formula is C17H20BrCl2N3O2. The minimum atomic E-state index is -0.0334.